The molecule has 0 radical (unpaired) electrons. The van der Waals surface area contributed by atoms with E-state index in [1.165, 1.54) is 30.6 Å². The van der Waals surface area contributed by atoms with Crippen molar-refractivity contribution in [1.82, 2.24) is 4.90 Å². The zero-order chi connectivity index (χ0) is 13.1. The van der Waals surface area contributed by atoms with Gasteiger partial charge in [0.1, 0.15) is 0 Å². The Morgan fingerprint density at radius 2 is 2.11 bits per heavy atom. The van der Waals surface area contributed by atoms with Crippen LogP contribution in [0.15, 0.2) is 12.1 Å². The Morgan fingerprint density at radius 3 is 2.61 bits per heavy atom. The fraction of sp³-hybridized carbons (Fsp3) is 0.714. The molecule has 2 atom stereocenters. The van der Waals surface area contributed by atoms with Gasteiger partial charge in [-0.3, -0.25) is 4.90 Å². The SMILES string of the molecule is CCC(N)C(c1ccc(Cl)s1)N(C)C1CCCC1. The molecule has 0 spiro atoms. The van der Waals surface area contributed by atoms with E-state index in [1.54, 1.807) is 11.3 Å². The van der Waals surface area contributed by atoms with Crippen LogP contribution in [0.3, 0.4) is 0 Å². The minimum atomic E-state index is 0.185. The number of hydrogen-bond acceptors (Lipinski definition) is 3. The van der Waals surface area contributed by atoms with Gasteiger partial charge in [0.05, 0.1) is 10.4 Å². The summed E-state index contributed by atoms with van der Waals surface area (Å²) in [6.07, 6.45) is 6.32. The summed E-state index contributed by atoms with van der Waals surface area (Å²) >= 11 is 7.75. The number of nitrogens with two attached hydrogens (primary N) is 1. The largest absolute Gasteiger partial charge is 0.326 e. The zero-order valence-corrected chi connectivity index (χ0v) is 12.8. The Labute approximate surface area is 119 Å². The van der Waals surface area contributed by atoms with Crippen molar-refractivity contribution >= 4 is 22.9 Å². The maximum absolute atomic E-state index is 6.35. The van der Waals surface area contributed by atoms with Crippen molar-refractivity contribution in [3.8, 4) is 0 Å². The lowest BCUT2D eigenvalue weighted by atomic mass is 10.0. The Kier molecular flexibility index (Phi) is 5.07. The molecule has 1 aliphatic carbocycles. The lowest BCUT2D eigenvalue weighted by Crippen LogP contribution is -2.42. The fourth-order valence-corrected chi connectivity index (χ4v) is 4.25. The number of likely N-dealkylation sites (N-methyl/N-ethyl adjacent to an activating group) is 1. The zero-order valence-electron chi connectivity index (χ0n) is 11.2. The standard InChI is InChI=1S/C14H23ClN2S/c1-3-11(16)14(12-8-9-13(15)18-12)17(2)10-6-4-5-7-10/h8-11,14H,3-7,16H2,1-2H3. The molecule has 1 aliphatic rings. The first kappa shape index (κ1) is 14.3. The Morgan fingerprint density at radius 1 is 1.44 bits per heavy atom. The van der Waals surface area contributed by atoms with Crippen molar-refractivity contribution in [2.24, 2.45) is 5.73 Å². The van der Waals surface area contributed by atoms with E-state index in [9.17, 15) is 0 Å². The molecule has 0 bridgehead atoms. The normalized spacial score (nSPS) is 20.5. The third kappa shape index (κ3) is 3.08. The molecular formula is C14H23ClN2S. The molecule has 4 heteroatoms. The Hall–Kier alpha value is -0.0900. The third-order valence-electron chi connectivity index (χ3n) is 4.10. The van der Waals surface area contributed by atoms with Crippen LogP contribution in [0.25, 0.3) is 0 Å². The Balaban J connectivity index is 2.18. The van der Waals surface area contributed by atoms with Crippen molar-refractivity contribution in [3.05, 3.63) is 21.3 Å². The number of rotatable bonds is 5. The van der Waals surface area contributed by atoms with Gasteiger partial charge in [0.25, 0.3) is 0 Å². The van der Waals surface area contributed by atoms with E-state index < -0.39 is 0 Å². The van der Waals surface area contributed by atoms with Crippen LogP contribution in [0.4, 0.5) is 0 Å². The molecule has 0 aliphatic heterocycles. The molecule has 1 aromatic heterocycles. The average Bonchev–Trinajstić information content (AvgIpc) is 3.00. The summed E-state index contributed by atoms with van der Waals surface area (Å²) in [5, 5.41) is 0. The molecular weight excluding hydrogens is 264 g/mol. The van der Waals surface area contributed by atoms with Crippen LogP contribution in [0.2, 0.25) is 4.34 Å². The first-order chi connectivity index (χ1) is 8.63. The van der Waals surface area contributed by atoms with E-state index in [0.29, 0.717) is 12.1 Å². The summed E-state index contributed by atoms with van der Waals surface area (Å²) in [7, 11) is 2.23. The van der Waals surface area contributed by atoms with Crippen LogP contribution in [0.1, 0.15) is 49.9 Å². The molecule has 1 heterocycles. The van der Waals surface area contributed by atoms with Crippen LogP contribution < -0.4 is 5.73 Å². The molecule has 0 aromatic carbocycles. The van der Waals surface area contributed by atoms with E-state index in [1.807, 2.05) is 6.07 Å². The minimum absolute atomic E-state index is 0.185. The van der Waals surface area contributed by atoms with E-state index in [2.05, 4.69) is 24.9 Å². The van der Waals surface area contributed by atoms with Gasteiger partial charge < -0.3 is 5.73 Å². The molecule has 1 aromatic rings. The maximum atomic E-state index is 6.35. The quantitative estimate of drug-likeness (QED) is 0.885. The summed E-state index contributed by atoms with van der Waals surface area (Å²) in [6.45, 7) is 2.16. The van der Waals surface area contributed by atoms with Crippen LogP contribution in [-0.2, 0) is 0 Å². The average molecular weight is 287 g/mol. The van der Waals surface area contributed by atoms with Gasteiger partial charge >= 0.3 is 0 Å². The van der Waals surface area contributed by atoms with E-state index in [-0.39, 0.29) is 6.04 Å². The predicted octanol–water partition coefficient (Wildman–Crippen LogP) is 4.05. The highest BCUT2D eigenvalue weighted by Gasteiger charge is 2.30. The van der Waals surface area contributed by atoms with Gasteiger partial charge in [0.15, 0.2) is 0 Å². The molecule has 1 fully saturated rings. The van der Waals surface area contributed by atoms with Crippen molar-refractivity contribution in [2.75, 3.05) is 7.05 Å². The number of thiophene rings is 1. The van der Waals surface area contributed by atoms with E-state index in [4.69, 9.17) is 17.3 Å². The lowest BCUT2D eigenvalue weighted by Gasteiger charge is -2.36. The molecule has 102 valence electrons. The summed E-state index contributed by atoms with van der Waals surface area (Å²) in [5.74, 6) is 0. The summed E-state index contributed by atoms with van der Waals surface area (Å²) in [5.41, 5.74) is 6.35. The summed E-state index contributed by atoms with van der Waals surface area (Å²) in [4.78, 5) is 3.80. The van der Waals surface area contributed by atoms with Crippen molar-refractivity contribution < 1.29 is 0 Å². The second-order valence-electron chi connectivity index (χ2n) is 5.26. The van der Waals surface area contributed by atoms with Gasteiger partial charge in [0.2, 0.25) is 0 Å². The van der Waals surface area contributed by atoms with E-state index in [0.717, 1.165) is 10.8 Å². The monoisotopic (exact) mass is 286 g/mol. The van der Waals surface area contributed by atoms with Gasteiger partial charge in [-0.1, -0.05) is 31.4 Å². The summed E-state index contributed by atoms with van der Waals surface area (Å²) < 4.78 is 0.859. The molecule has 2 rings (SSSR count). The number of nitrogens with zero attached hydrogens (tertiary/aromatic N) is 1. The van der Waals surface area contributed by atoms with Crippen molar-refractivity contribution in [2.45, 2.75) is 57.2 Å². The smallest absolute Gasteiger partial charge is 0.0931 e. The van der Waals surface area contributed by atoms with Crippen molar-refractivity contribution in [1.29, 1.82) is 0 Å². The van der Waals surface area contributed by atoms with Crippen LogP contribution in [0, 0.1) is 0 Å². The molecule has 2 N–H and O–H groups in total. The predicted molar refractivity (Wildman–Crippen MR) is 80.4 cm³/mol. The van der Waals surface area contributed by atoms with Crippen LogP contribution in [-0.4, -0.2) is 24.0 Å². The minimum Gasteiger partial charge on any atom is -0.326 e. The lowest BCUT2D eigenvalue weighted by molar-refractivity contribution is 0.153. The maximum Gasteiger partial charge on any atom is 0.0931 e. The van der Waals surface area contributed by atoms with Gasteiger partial charge in [-0.05, 0) is 38.4 Å². The molecule has 0 saturated heterocycles. The molecule has 2 unspecified atom stereocenters. The highest BCUT2D eigenvalue weighted by molar-refractivity contribution is 7.16. The first-order valence-electron chi connectivity index (χ1n) is 6.86. The molecule has 18 heavy (non-hydrogen) atoms. The fourth-order valence-electron chi connectivity index (χ4n) is 2.96. The van der Waals surface area contributed by atoms with Crippen LogP contribution in [0.5, 0.6) is 0 Å². The molecule has 2 nitrogen and oxygen atoms in total. The molecule has 0 amide bonds. The van der Waals surface area contributed by atoms with Gasteiger partial charge in [0, 0.05) is 17.0 Å². The first-order valence-corrected chi connectivity index (χ1v) is 8.05. The topological polar surface area (TPSA) is 29.3 Å². The second-order valence-corrected chi connectivity index (χ2v) is 7.01. The highest BCUT2D eigenvalue weighted by atomic mass is 35.5. The van der Waals surface area contributed by atoms with Gasteiger partial charge in [-0.15, -0.1) is 11.3 Å². The number of halogens is 1. The highest BCUT2D eigenvalue weighted by Crippen LogP contribution is 2.36. The second kappa shape index (κ2) is 6.38. The molecule has 1 saturated carbocycles. The summed E-state index contributed by atoms with van der Waals surface area (Å²) in [6, 6.07) is 5.31. The number of hydrogen-bond donors (Lipinski definition) is 1. The van der Waals surface area contributed by atoms with Gasteiger partial charge in [-0.2, -0.15) is 0 Å². The Bertz CT molecular complexity index is 374. The van der Waals surface area contributed by atoms with Crippen LogP contribution >= 0.6 is 22.9 Å². The van der Waals surface area contributed by atoms with E-state index >= 15 is 0 Å². The third-order valence-corrected chi connectivity index (χ3v) is 5.40. The van der Waals surface area contributed by atoms with Gasteiger partial charge in [-0.25, -0.2) is 0 Å². The van der Waals surface area contributed by atoms with Crippen molar-refractivity contribution in [3.63, 3.8) is 0 Å².